The highest BCUT2D eigenvalue weighted by Gasteiger charge is 2.29. The summed E-state index contributed by atoms with van der Waals surface area (Å²) in [5, 5.41) is 16.7. The Hall–Kier alpha value is -2.54. The lowest BCUT2D eigenvalue weighted by molar-refractivity contribution is 0.0906. The van der Waals surface area contributed by atoms with E-state index in [2.05, 4.69) is 10.5 Å². The molecule has 1 atom stereocenters. The van der Waals surface area contributed by atoms with Gasteiger partial charge in [0.1, 0.15) is 19.0 Å². The van der Waals surface area contributed by atoms with Gasteiger partial charge in [0, 0.05) is 18.5 Å². The molecule has 2 N–H and O–H groups in total. The third-order valence-corrected chi connectivity index (χ3v) is 4.15. The van der Waals surface area contributed by atoms with Gasteiger partial charge in [-0.1, -0.05) is 11.2 Å². The Morgan fingerprint density at radius 1 is 1.25 bits per heavy atom. The van der Waals surface area contributed by atoms with Gasteiger partial charge in [0.2, 0.25) is 0 Å². The number of aliphatic hydroxyl groups excluding tert-OH is 1. The van der Waals surface area contributed by atoms with E-state index in [1.165, 1.54) is 0 Å². The van der Waals surface area contributed by atoms with Gasteiger partial charge in [-0.2, -0.15) is 0 Å². The van der Waals surface area contributed by atoms with E-state index in [-0.39, 0.29) is 18.1 Å². The van der Waals surface area contributed by atoms with Gasteiger partial charge in [-0.05, 0) is 30.5 Å². The van der Waals surface area contributed by atoms with Crippen molar-refractivity contribution in [2.24, 2.45) is 0 Å². The van der Waals surface area contributed by atoms with Crippen LogP contribution in [0, 0.1) is 0 Å². The molecule has 1 aliphatic heterocycles. The molecule has 0 unspecified atom stereocenters. The second kappa shape index (κ2) is 6.16. The number of ether oxygens (including phenoxy) is 2. The predicted octanol–water partition coefficient (Wildman–Crippen LogP) is 1.79. The Kier molecular flexibility index (Phi) is 3.86. The van der Waals surface area contributed by atoms with Crippen molar-refractivity contribution in [1.29, 1.82) is 0 Å². The Bertz CT molecular complexity index is 753. The fourth-order valence-corrected chi connectivity index (χ4v) is 2.62. The number of nitrogens with one attached hydrogen (secondary N) is 1. The highest BCUT2D eigenvalue weighted by atomic mass is 16.6. The first-order chi connectivity index (χ1) is 11.7. The van der Waals surface area contributed by atoms with Gasteiger partial charge in [0.15, 0.2) is 17.2 Å². The molecule has 0 radical (unpaired) electrons. The second-order valence-corrected chi connectivity index (χ2v) is 6.02. The molecule has 1 aromatic carbocycles. The number of amides is 1. The Morgan fingerprint density at radius 3 is 2.83 bits per heavy atom. The Labute approximate surface area is 138 Å². The monoisotopic (exact) mass is 330 g/mol. The number of fused-ring (bicyclic) bond motifs is 1. The van der Waals surface area contributed by atoms with Crippen LogP contribution in [0.3, 0.4) is 0 Å². The summed E-state index contributed by atoms with van der Waals surface area (Å²) in [7, 11) is 0. The summed E-state index contributed by atoms with van der Waals surface area (Å²) in [6.45, 7) is 1.08. The van der Waals surface area contributed by atoms with Crippen LogP contribution >= 0.6 is 0 Å². The molecule has 1 aliphatic carbocycles. The lowest BCUT2D eigenvalue weighted by Crippen LogP contribution is -2.28. The molecule has 1 amide bonds. The number of nitrogens with zero attached hydrogens (tertiary/aromatic N) is 1. The summed E-state index contributed by atoms with van der Waals surface area (Å²) in [6, 6.07) is 6.91. The van der Waals surface area contributed by atoms with Gasteiger partial charge < -0.3 is 24.4 Å². The summed E-state index contributed by atoms with van der Waals surface area (Å²) in [5.74, 6) is 2.07. The standard InChI is InChI=1S/C17H18N2O5/c20-13(11-3-4-14-16(7-11)23-6-5-22-14)9-18-17(21)12-8-15(24-19-12)10-1-2-10/h3-4,7-8,10,13,20H,1-2,5-6,9H2,(H,18,21)/t13-/m0/s1. The molecule has 7 nitrogen and oxygen atoms in total. The Balaban J connectivity index is 1.36. The zero-order valence-corrected chi connectivity index (χ0v) is 13.0. The third-order valence-electron chi connectivity index (χ3n) is 4.15. The SMILES string of the molecule is O=C(NC[C@H](O)c1ccc2c(c1)OCCO2)c1cc(C2CC2)on1. The first-order valence-electron chi connectivity index (χ1n) is 8.03. The van der Waals surface area contributed by atoms with E-state index in [4.69, 9.17) is 14.0 Å². The molecular weight excluding hydrogens is 312 g/mol. The number of benzene rings is 1. The van der Waals surface area contributed by atoms with Crippen molar-refractivity contribution in [1.82, 2.24) is 10.5 Å². The lowest BCUT2D eigenvalue weighted by Gasteiger charge is -2.20. The normalized spacial score (nSPS) is 17.4. The van der Waals surface area contributed by atoms with Crippen molar-refractivity contribution in [3.8, 4) is 11.5 Å². The number of carbonyl (C=O) groups is 1. The molecule has 24 heavy (non-hydrogen) atoms. The van der Waals surface area contributed by atoms with Gasteiger partial charge >= 0.3 is 0 Å². The van der Waals surface area contributed by atoms with E-state index < -0.39 is 6.10 Å². The zero-order valence-electron chi connectivity index (χ0n) is 13.0. The molecule has 0 spiro atoms. The van der Waals surface area contributed by atoms with Crippen molar-refractivity contribution in [3.63, 3.8) is 0 Å². The highest BCUT2D eigenvalue weighted by molar-refractivity contribution is 5.92. The maximum Gasteiger partial charge on any atom is 0.273 e. The molecule has 1 fully saturated rings. The lowest BCUT2D eigenvalue weighted by atomic mass is 10.1. The predicted molar refractivity (Wildman–Crippen MR) is 83.2 cm³/mol. The first kappa shape index (κ1) is 15.0. The molecular formula is C17H18N2O5. The van der Waals surface area contributed by atoms with Gasteiger partial charge in [0.05, 0.1) is 6.10 Å². The second-order valence-electron chi connectivity index (χ2n) is 6.02. The number of aliphatic hydroxyl groups is 1. The minimum absolute atomic E-state index is 0.0735. The summed E-state index contributed by atoms with van der Waals surface area (Å²) < 4.78 is 16.1. The molecule has 7 heteroatoms. The molecule has 2 aromatic rings. The number of rotatable bonds is 5. The van der Waals surface area contributed by atoms with Crippen LogP contribution < -0.4 is 14.8 Å². The molecule has 1 aromatic heterocycles. The van der Waals surface area contributed by atoms with Crippen LogP contribution in [0.4, 0.5) is 0 Å². The first-order valence-corrected chi connectivity index (χ1v) is 8.03. The maximum absolute atomic E-state index is 12.1. The molecule has 2 heterocycles. The minimum atomic E-state index is -0.848. The average Bonchev–Trinajstić information content (AvgIpc) is 3.35. The van der Waals surface area contributed by atoms with E-state index in [1.807, 2.05) is 0 Å². The number of aromatic nitrogens is 1. The molecule has 2 aliphatic rings. The molecule has 1 saturated carbocycles. The van der Waals surface area contributed by atoms with Crippen LogP contribution in [-0.2, 0) is 0 Å². The molecule has 126 valence electrons. The summed E-state index contributed by atoms with van der Waals surface area (Å²) in [6.07, 6.45) is 1.32. The topological polar surface area (TPSA) is 93.8 Å². The van der Waals surface area contributed by atoms with E-state index in [0.29, 0.717) is 36.2 Å². The minimum Gasteiger partial charge on any atom is -0.486 e. The van der Waals surface area contributed by atoms with Gasteiger partial charge in [0.25, 0.3) is 5.91 Å². The van der Waals surface area contributed by atoms with E-state index in [9.17, 15) is 9.90 Å². The van der Waals surface area contributed by atoms with Crippen molar-refractivity contribution < 1.29 is 23.9 Å². The fraction of sp³-hybridized carbons (Fsp3) is 0.412. The number of hydrogen-bond acceptors (Lipinski definition) is 6. The van der Waals surface area contributed by atoms with Crippen LogP contribution in [0.5, 0.6) is 11.5 Å². The largest absolute Gasteiger partial charge is 0.486 e. The summed E-state index contributed by atoms with van der Waals surface area (Å²) in [4.78, 5) is 12.1. The van der Waals surface area contributed by atoms with Crippen LogP contribution in [0.1, 0.15) is 46.7 Å². The molecule has 0 saturated heterocycles. The van der Waals surface area contributed by atoms with Crippen molar-refractivity contribution in [2.45, 2.75) is 24.9 Å². The van der Waals surface area contributed by atoms with Crippen LogP contribution in [0.2, 0.25) is 0 Å². The third kappa shape index (κ3) is 3.07. The van der Waals surface area contributed by atoms with Crippen molar-refractivity contribution in [3.05, 3.63) is 41.3 Å². The summed E-state index contributed by atoms with van der Waals surface area (Å²) >= 11 is 0. The van der Waals surface area contributed by atoms with Crippen LogP contribution in [0.15, 0.2) is 28.8 Å². The zero-order chi connectivity index (χ0) is 16.5. The molecule has 0 bridgehead atoms. The van der Waals surface area contributed by atoms with Crippen molar-refractivity contribution in [2.75, 3.05) is 19.8 Å². The number of hydrogen-bond donors (Lipinski definition) is 2. The highest BCUT2D eigenvalue weighted by Crippen LogP contribution is 2.40. The van der Waals surface area contributed by atoms with Gasteiger partial charge in [-0.15, -0.1) is 0 Å². The smallest absolute Gasteiger partial charge is 0.273 e. The molecule has 4 rings (SSSR count). The van der Waals surface area contributed by atoms with E-state index in [0.717, 1.165) is 18.6 Å². The van der Waals surface area contributed by atoms with E-state index in [1.54, 1.807) is 24.3 Å². The number of carbonyl (C=O) groups excluding carboxylic acids is 1. The maximum atomic E-state index is 12.1. The fourth-order valence-electron chi connectivity index (χ4n) is 2.62. The van der Waals surface area contributed by atoms with Crippen LogP contribution in [-0.4, -0.2) is 35.9 Å². The quantitative estimate of drug-likeness (QED) is 0.868. The van der Waals surface area contributed by atoms with Gasteiger partial charge in [-0.25, -0.2) is 0 Å². The van der Waals surface area contributed by atoms with Crippen LogP contribution in [0.25, 0.3) is 0 Å². The Morgan fingerprint density at radius 2 is 2.04 bits per heavy atom. The van der Waals surface area contributed by atoms with E-state index >= 15 is 0 Å². The summed E-state index contributed by atoms with van der Waals surface area (Å²) in [5.41, 5.74) is 0.893. The van der Waals surface area contributed by atoms with Crippen molar-refractivity contribution >= 4 is 5.91 Å². The average molecular weight is 330 g/mol. The van der Waals surface area contributed by atoms with Gasteiger partial charge in [-0.3, -0.25) is 4.79 Å².